The van der Waals surface area contributed by atoms with Crippen molar-refractivity contribution >= 4 is 45.7 Å². The van der Waals surface area contributed by atoms with E-state index in [1.807, 2.05) is 0 Å². The van der Waals surface area contributed by atoms with Gasteiger partial charge in [0.25, 0.3) is 11.5 Å². The van der Waals surface area contributed by atoms with Crippen LogP contribution < -0.4 is 10.9 Å². The van der Waals surface area contributed by atoms with Gasteiger partial charge in [-0.3, -0.25) is 9.59 Å². The van der Waals surface area contributed by atoms with Crippen molar-refractivity contribution in [1.29, 1.82) is 0 Å². The monoisotopic (exact) mass is 376 g/mol. The van der Waals surface area contributed by atoms with E-state index in [0.29, 0.717) is 17.4 Å². The third kappa shape index (κ3) is 2.97. The van der Waals surface area contributed by atoms with E-state index in [1.54, 1.807) is 49.4 Å². The highest BCUT2D eigenvalue weighted by Crippen LogP contribution is 2.31. The molecule has 0 aliphatic carbocycles. The largest absolute Gasteiger partial charge is 0.506 e. The van der Waals surface area contributed by atoms with Crippen molar-refractivity contribution in [3.05, 3.63) is 68.4 Å². The molecule has 1 heterocycles. The van der Waals surface area contributed by atoms with Crippen molar-refractivity contribution in [3.8, 4) is 5.75 Å². The van der Waals surface area contributed by atoms with Crippen molar-refractivity contribution in [2.75, 3.05) is 5.32 Å². The Morgan fingerprint density at radius 2 is 1.88 bits per heavy atom. The number of para-hydroxylation sites is 1. The third-order valence-electron chi connectivity index (χ3n) is 3.89. The average Bonchev–Trinajstić information content (AvgIpc) is 2.59. The van der Waals surface area contributed by atoms with Crippen LogP contribution in [-0.2, 0) is 6.54 Å². The Bertz CT molecular complexity index is 1040. The highest BCUT2D eigenvalue weighted by molar-refractivity contribution is 6.44. The van der Waals surface area contributed by atoms with Gasteiger partial charge in [0, 0.05) is 11.9 Å². The SMILES string of the molecule is CCn1c(=O)c(C(=O)Nc2cccc(Cl)c2Cl)c(O)c2ccccc21. The van der Waals surface area contributed by atoms with Crippen molar-refractivity contribution in [1.82, 2.24) is 4.57 Å². The van der Waals surface area contributed by atoms with Crippen molar-refractivity contribution in [2.24, 2.45) is 0 Å². The average molecular weight is 377 g/mol. The normalized spacial score (nSPS) is 10.8. The second kappa shape index (κ2) is 6.78. The predicted molar refractivity (Wildman–Crippen MR) is 100.0 cm³/mol. The minimum Gasteiger partial charge on any atom is -0.506 e. The van der Waals surface area contributed by atoms with Gasteiger partial charge in [-0.05, 0) is 31.2 Å². The molecule has 5 nitrogen and oxygen atoms in total. The summed E-state index contributed by atoms with van der Waals surface area (Å²) in [5.41, 5.74) is -0.0926. The summed E-state index contributed by atoms with van der Waals surface area (Å²) in [5.74, 6) is -1.11. The van der Waals surface area contributed by atoms with Crippen LogP contribution >= 0.6 is 23.2 Å². The van der Waals surface area contributed by atoms with Crippen LogP contribution in [0.15, 0.2) is 47.3 Å². The Kier molecular flexibility index (Phi) is 4.70. The zero-order valence-electron chi connectivity index (χ0n) is 13.2. The molecule has 25 heavy (non-hydrogen) atoms. The Hall–Kier alpha value is -2.50. The minimum atomic E-state index is -0.750. The summed E-state index contributed by atoms with van der Waals surface area (Å²) < 4.78 is 1.43. The molecule has 1 amide bonds. The first-order valence-electron chi connectivity index (χ1n) is 7.55. The fourth-order valence-electron chi connectivity index (χ4n) is 2.69. The number of halogens is 2. The maximum atomic E-state index is 12.7. The summed E-state index contributed by atoms with van der Waals surface area (Å²) >= 11 is 12.0. The standard InChI is InChI=1S/C18H14Cl2N2O3/c1-2-22-13-9-4-3-6-10(13)16(23)14(18(22)25)17(24)21-12-8-5-7-11(19)15(12)20/h3-9,23H,2H2,1H3,(H,21,24). The van der Waals surface area contributed by atoms with E-state index in [0.717, 1.165) is 0 Å². The number of rotatable bonds is 3. The van der Waals surface area contributed by atoms with Gasteiger partial charge in [0.15, 0.2) is 0 Å². The first kappa shape index (κ1) is 17.3. The fourth-order valence-corrected chi connectivity index (χ4v) is 3.04. The molecule has 2 aromatic carbocycles. The van der Waals surface area contributed by atoms with Gasteiger partial charge in [-0.1, -0.05) is 41.4 Å². The number of aromatic nitrogens is 1. The molecule has 0 unspecified atom stereocenters. The Morgan fingerprint density at radius 1 is 1.16 bits per heavy atom. The lowest BCUT2D eigenvalue weighted by molar-refractivity contribution is 0.102. The van der Waals surface area contributed by atoms with Gasteiger partial charge in [0.1, 0.15) is 11.3 Å². The number of aromatic hydroxyl groups is 1. The Morgan fingerprint density at radius 3 is 2.60 bits per heavy atom. The first-order valence-corrected chi connectivity index (χ1v) is 8.31. The van der Waals surface area contributed by atoms with Crippen LogP contribution in [0.4, 0.5) is 5.69 Å². The number of hydrogen-bond donors (Lipinski definition) is 2. The number of nitrogens with one attached hydrogen (secondary N) is 1. The number of fused-ring (bicyclic) bond motifs is 1. The molecule has 0 saturated carbocycles. The number of benzene rings is 2. The van der Waals surface area contributed by atoms with E-state index < -0.39 is 11.5 Å². The molecular weight excluding hydrogens is 363 g/mol. The molecule has 0 spiro atoms. The van der Waals surface area contributed by atoms with Crippen LogP contribution in [0.2, 0.25) is 10.0 Å². The van der Waals surface area contributed by atoms with Crippen LogP contribution in [0.25, 0.3) is 10.9 Å². The zero-order chi connectivity index (χ0) is 18.1. The molecule has 3 rings (SSSR count). The molecule has 0 fully saturated rings. The number of hydrogen-bond acceptors (Lipinski definition) is 3. The molecule has 0 saturated heterocycles. The number of pyridine rings is 1. The maximum Gasteiger partial charge on any atom is 0.267 e. The molecule has 0 aliphatic heterocycles. The summed E-state index contributed by atoms with van der Waals surface area (Å²) in [5, 5.41) is 13.9. The Labute approximate surface area is 153 Å². The molecule has 128 valence electrons. The van der Waals surface area contributed by atoms with Crippen LogP contribution in [0.3, 0.4) is 0 Å². The topological polar surface area (TPSA) is 71.3 Å². The van der Waals surface area contributed by atoms with E-state index in [4.69, 9.17) is 23.2 Å². The van der Waals surface area contributed by atoms with Crippen LogP contribution in [0, 0.1) is 0 Å². The first-order chi connectivity index (χ1) is 12.0. The molecule has 3 aromatic rings. The van der Waals surface area contributed by atoms with E-state index >= 15 is 0 Å². The van der Waals surface area contributed by atoms with Gasteiger partial charge in [-0.15, -0.1) is 0 Å². The predicted octanol–water partition coefficient (Wildman–Crippen LogP) is 4.29. The van der Waals surface area contributed by atoms with Crippen molar-refractivity contribution < 1.29 is 9.90 Å². The maximum absolute atomic E-state index is 12.7. The van der Waals surface area contributed by atoms with Gasteiger partial charge in [-0.2, -0.15) is 0 Å². The summed E-state index contributed by atoms with van der Waals surface area (Å²) in [4.78, 5) is 25.3. The summed E-state index contributed by atoms with van der Waals surface area (Å²) in [7, 11) is 0. The van der Waals surface area contributed by atoms with E-state index in [9.17, 15) is 14.7 Å². The number of carbonyl (C=O) groups excluding carboxylic acids is 1. The van der Waals surface area contributed by atoms with Gasteiger partial charge >= 0.3 is 0 Å². The molecule has 0 bridgehead atoms. The number of anilines is 1. The third-order valence-corrected chi connectivity index (χ3v) is 4.71. The molecule has 0 aliphatic rings. The smallest absolute Gasteiger partial charge is 0.267 e. The van der Waals surface area contributed by atoms with Gasteiger partial charge in [0.05, 0.1) is 21.2 Å². The van der Waals surface area contributed by atoms with E-state index in [2.05, 4.69) is 5.32 Å². The highest BCUT2D eigenvalue weighted by atomic mass is 35.5. The van der Waals surface area contributed by atoms with Crippen LogP contribution in [-0.4, -0.2) is 15.6 Å². The Balaban J connectivity index is 2.17. The number of aryl methyl sites for hydroxylation is 1. The zero-order valence-corrected chi connectivity index (χ0v) is 14.7. The molecule has 1 aromatic heterocycles. The van der Waals surface area contributed by atoms with Crippen molar-refractivity contribution in [2.45, 2.75) is 13.5 Å². The quantitative estimate of drug-likeness (QED) is 0.716. The number of nitrogens with zero attached hydrogens (tertiary/aromatic N) is 1. The van der Waals surface area contributed by atoms with Crippen LogP contribution in [0.1, 0.15) is 17.3 Å². The van der Waals surface area contributed by atoms with Gasteiger partial charge < -0.3 is 15.0 Å². The second-order valence-corrected chi connectivity index (χ2v) is 6.13. The van der Waals surface area contributed by atoms with Crippen molar-refractivity contribution in [3.63, 3.8) is 0 Å². The lowest BCUT2D eigenvalue weighted by Gasteiger charge is -2.14. The van der Waals surface area contributed by atoms with Gasteiger partial charge in [-0.25, -0.2) is 0 Å². The van der Waals surface area contributed by atoms with Crippen LogP contribution in [0.5, 0.6) is 5.75 Å². The molecule has 0 radical (unpaired) electrons. The number of carbonyl (C=O) groups is 1. The summed E-state index contributed by atoms with van der Waals surface area (Å²) in [6.07, 6.45) is 0. The van der Waals surface area contributed by atoms with E-state index in [1.165, 1.54) is 4.57 Å². The lowest BCUT2D eigenvalue weighted by atomic mass is 10.1. The highest BCUT2D eigenvalue weighted by Gasteiger charge is 2.22. The lowest BCUT2D eigenvalue weighted by Crippen LogP contribution is -2.29. The second-order valence-electron chi connectivity index (χ2n) is 5.35. The molecule has 7 heteroatoms. The summed E-state index contributed by atoms with van der Waals surface area (Å²) in [6.45, 7) is 2.15. The molecular formula is C18H14Cl2N2O3. The minimum absolute atomic E-state index is 0.161. The molecule has 2 N–H and O–H groups in total. The fraction of sp³-hybridized carbons (Fsp3) is 0.111. The van der Waals surface area contributed by atoms with E-state index in [-0.39, 0.29) is 27.0 Å². The van der Waals surface area contributed by atoms with Gasteiger partial charge in [0.2, 0.25) is 0 Å². The molecule has 0 atom stereocenters. The number of amides is 1. The summed E-state index contributed by atoms with van der Waals surface area (Å²) in [6, 6.07) is 11.6.